The number of carbonyl (C=O) groups is 2. The summed E-state index contributed by atoms with van der Waals surface area (Å²) in [4.78, 5) is 25.7. The van der Waals surface area contributed by atoms with Gasteiger partial charge in [-0.05, 0) is 48.9 Å². The fraction of sp³-hybridized carbons (Fsp3) is 0.368. The molecule has 1 amide bonds. The SMILES string of the molecule is CSCc1ccc(C(=O)N2CCCC(c3cccc(C(=O)O)c3)C2)o1. The summed E-state index contributed by atoms with van der Waals surface area (Å²) in [5.41, 5.74) is 1.26. The minimum absolute atomic E-state index is 0.0913. The average Bonchev–Trinajstić information content (AvgIpc) is 3.10. The van der Waals surface area contributed by atoms with Crippen molar-refractivity contribution in [1.29, 1.82) is 0 Å². The van der Waals surface area contributed by atoms with Crippen molar-refractivity contribution in [3.63, 3.8) is 0 Å². The molecule has 3 rings (SSSR count). The summed E-state index contributed by atoms with van der Waals surface area (Å²) in [5, 5.41) is 9.16. The van der Waals surface area contributed by atoms with Gasteiger partial charge < -0.3 is 14.4 Å². The molecule has 25 heavy (non-hydrogen) atoms. The highest BCUT2D eigenvalue weighted by Gasteiger charge is 2.27. The second-order valence-electron chi connectivity index (χ2n) is 6.22. The minimum Gasteiger partial charge on any atom is -0.478 e. The van der Waals surface area contributed by atoms with Crippen LogP contribution in [0, 0.1) is 0 Å². The first-order valence-corrected chi connectivity index (χ1v) is 9.68. The topological polar surface area (TPSA) is 70.8 Å². The molecule has 0 saturated carbocycles. The number of piperidine rings is 1. The fourth-order valence-corrected chi connectivity index (χ4v) is 3.67. The molecule has 0 aliphatic carbocycles. The Bertz CT molecular complexity index is 770. The van der Waals surface area contributed by atoms with Gasteiger partial charge in [-0.15, -0.1) is 0 Å². The lowest BCUT2D eigenvalue weighted by atomic mass is 9.89. The molecule has 1 unspecified atom stereocenters. The first kappa shape index (κ1) is 17.6. The van der Waals surface area contributed by atoms with Crippen LogP contribution in [0.15, 0.2) is 40.8 Å². The second-order valence-corrected chi connectivity index (χ2v) is 7.09. The maximum atomic E-state index is 12.7. The van der Waals surface area contributed by atoms with Crippen LogP contribution < -0.4 is 0 Å². The van der Waals surface area contributed by atoms with E-state index >= 15 is 0 Å². The van der Waals surface area contributed by atoms with Crippen LogP contribution in [0.1, 0.15) is 51.0 Å². The number of likely N-dealkylation sites (tertiary alicyclic amines) is 1. The van der Waals surface area contributed by atoms with Gasteiger partial charge in [-0.25, -0.2) is 4.79 Å². The van der Waals surface area contributed by atoms with Crippen molar-refractivity contribution in [2.75, 3.05) is 19.3 Å². The Balaban J connectivity index is 1.73. The van der Waals surface area contributed by atoms with E-state index in [1.807, 2.05) is 23.3 Å². The van der Waals surface area contributed by atoms with Crippen molar-refractivity contribution in [3.8, 4) is 0 Å². The zero-order valence-electron chi connectivity index (χ0n) is 14.1. The summed E-state index contributed by atoms with van der Waals surface area (Å²) in [6, 6.07) is 10.6. The lowest BCUT2D eigenvalue weighted by Gasteiger charge is -2.32. The van der Waals surface area contributed by atoms with E-state index in [4.69, 9.17) is 9.52 Å². The number of nitrogens with zero attached hydrogens (tertiary/aromatic N) is 1. The Labute approximate surface area is 151 Å². The van der Waals surface area contributed by atoms with E-state index in [1.165, 1.54) is 0 Å². The zero-order chi connectivity index (χ0) is 17.8. The number of carboxylic acids is 1. The second kappa shape index (κ2) is 7.78. The van der Waals surface area contributed by atoms with Crippen LogP contribution in [0.25, 0.3) is 0 Å². The summed E-state index contributed by atoms with van der Waals surface area (Å²) >= 11 is 1.65. The lowest BCUT2D eigenvalue weighted by molar-refractivity contribution is 0.0668. The summed E-state index contributed by atoms with van der Waals surface area (Å²) in [6.07, 6.45) is 3.83. The van der Waals surface area contributed by atoms with Crippen LogP contribution in [-0.4, -0.2) is 41.2 Å². The quantitative estimate of drug-likeness (QED) is 0.878. The number of rotatable bonds is 5. The molecule has 2 aromatic rings. The molecule has 2 heterocycles. The molecule has 5 nitrogen and oxygen atoms in total. The number of aromatic carboxylic acids is 1. The first-order valence-electron chi connectivity index (χ1n) is 8.28. The minimum atomic E-state index is -0.928. The predicted molar refractivity (Wildman–Crippen MR) is 97.2 cm³/mol. The number of furan rings is 1. The fourth-order valence-electron chi connectivity index (χ4n) is 3.23. The van der Waals surface area contributed by atoms with Crippen molar-refractivity contribution in [2.45, 2.75) is 24.5 Å². The Hall–Kier alpha value is -2.21. The zero-order valence-corrected chi connectivity index (χ0v) is 14.9. The van der Waals surface area contributed by atoms with Crippen LogP contribution in [0.5, 0.6) is 0 Å². The van der Waals surface area contributed by atoms with E-state index in [2.05, 4.69) is 0 Å². The Kier molecular flexibility index (Phi) is 5.48. The molecule has 1 aromatic carbocycles. The van der Waals surface area contributed by atoms with Gasteiger partial charge in [-0.2, -0.15) is 11.8 Å². The van der Waals surface area contributed by atoms with Gasteiger partial charge >= 0.3 is 5.97 Å². The third kappa shape index (κ3) is 4.07. The van der Waals surface area contributed by atoms with Crippen molar-refractivity contribution in [2.24, 2.45) is 0 Å². The molecule has 1 aliphatic heterocycles. The van der Waals surface area contributed by atoms with Crippen molar-refractivity contribution >= 4 is 23.6 Å². The number of carboxylic acid groups (broad SMARTS) is 1. The van der Waals surface area contributed by atoms with Gasteiger partial charge in [0, 0.05) is 19.0 Å². The van der Waals surface area contributed by atoms with E-state index in [0.717, 1.165) is 29.9 Å². The molecule has 0 spiro atoms. The summed E-state index contributed by atoms with van der Waals surface area (Å²) in [5.74, 6) is 1.06. The molecule has 132 valence electrons. The molecule has 1 N–H and O–H groups in total. The van der Waals surface area contributed by atoms with Crippen molar-refractivity contribution < 1.29 is 19.1 Å². The smallest absolute Gasteiger partial charge is 0.335 e. The largest absolute Gasteiger partial charge is 0.478 e. The van der Waals surface area contributed by atoms with E-state index in [1.54, 1.807) is 36.0 Å². The maximum absolute atomic E-state index is 12.7. The molecule has 6 heteroatoms. The third-order valence-corrected chi connectivity index (χ3v) is 5.05. The summed E-state index contributed by atoms with van der Waals surface area (Å²) < 4.78 is 5.64. The molecule has 0 radical (unpaired) electrons. The third-order valence-electron chi connectivity index (χ3n) is 4.47. The number of amides is 1. The summed E-state index contributed by atoms with van der Waals surface area (Å²) in [6.45, 7) is 1.28. The molecule has 1 aliphatic rings. The van der Waals surface area contributed by atoms with Crippen LogP contribution >= 0.6 is 11.8 Å². The standard InChI is InChI=1S/C19H21NO4S/c1-25-12-16-7-8-17(24-16)18(21)20-9-3-6-15(11-20)13-4-2-5-14(10-13)19(22)23/h2,4-5,7-8,10,15H,3,6,9,11-12H2,1H3,(H,22,23). The summed E-state index contributed by atoms with van der Waals surface area (Å²) in [7, 11) is 0. The highest BCUT2D eigenvalue weighted by Crippen LogP contribution is 2.28. The van der Waals surface area contributed by atoms with Crippen molar-refractivity contribution in [3.05, 3.63) is 59.0 Å². The molecule has 1 saturated heterocycles. The molecular weight excluding hydrogens is 338 g/mol. The van der Waals surface area contributed by atoms with Crippen LogP contribution in [0.2, 0.25) is 0 Å². The number of benzene rings is 1. The number of thioether (sulfide) groups is 1. The van der Waals surface area contributed by atoms with Gasteiger partial charge in [0.15, 0.2) is 5.76 Å². The van der Waals surface area contributed by atoms with Gasteiger partial charge in [0.05, 0.1) is 11.3 Å². The van der Waals surface area contributed by atoms with Gasteiger partial charge in [0.25, 0.3) is 5.91 Å². The monoisotopic (exact) mass is 359 g/mol. The van der Waals surface area contributed by atoms with Gasteiger partial charge in [0.2, 0.25) is 0 Å². The van der Waals surface area contributed by atoms with E-state index in [9.17, 15) is 9.59 Å². The molecule has 1 atom stereocenters. The number of carbonyl (C=O) groups excluding carboxylic acids is 1. The van der Waals surface area contributed by atoms with Crippen LogP contribution in [0.4, 0.5) is 0 Å². The predicted octanol–water partition coefficient (Wildman–Crippen LogP) is 3.86. The van der Waals surface area contributed by atoms with Crippen LogP contribution in [-0.2, 0) is 5.75 Å². The Morgan fingerprint density at radius 2 is 2.16 bits per heavy atom. The highest BCUT2D eigenvalue weighted by atomic mass is 32.2. The van der Waals surface area contributed by atoms with Crippen molar-refractivity contribution in [1.82, 2.24) is 4.90 Å². The maximum Gasteiger partial charge on any atom is 0.335 e. The van der Waals surface area contributed by atoms with Crippen LogP contribution in [0.3, 0.4) is 0 Å². The highest BCUT2D eigenvalue weighted by molar-refractivity contribution is 7.97. The van der Waals surface area contributed by atoms with E-state index in [0.29, 0.717) is 18.8 Å². The lowest BCUT2D eigenvalue weighted by Crippen LogP contribution is -2.39. The average molecular weight is 359 g/mol. The Morgan fingerprint density at radius 3 is 2.92 bits per heavy atom. The molecule has 0 bridgehead atoms. The van der Waals surface area contributed by atoms with Gasteiger partial charge in [0.1, 0.15) is 5.76 Å². The normalized spacial score (nSPS) is 17.5. The molecular formula is C19H21NO4S. The Morgan fingerprint density at radius 1 is 1.32 bits per heavy atom. The van der Waals surface area contributed by atoms with E-state index < -0.39 is 5.97 Å². The molecule has 1 fully saturated rings. The van der Waals surface area contributed by atoms with E-state index in [-0.39, 0.29) is 17.4 Å². The number of hydrogen-bond acceptors (Lipinski definition) is 4. The van der Waals surface area contributed by atoms with Gasteiger partial charge in [-0.1, -0.05) is 12.1 Å². The first-order chi connectivity index (χ1) is 12.1. The van der Waals surface area contributed by atoms with Gasteiger partial charge in [-0.3, -0.25) is 4.79 Å². The number of hydrogen-bond donors (Lipinski definition) is 1. The molecule has 1 aromatic heterocycles.